The van der Waals surface area contributed by atoms with Crippen LogP contribution in [0.15, 0.2) is 48.5 Å². The summed E-state index contributed by atoms with van der Waals surface area (Å²) in [6.07, 6.45) is 2.29. The highest BCUT2D eigenvalue weighted by atomic mass is 19.1. The van der Waals surface area contributed by atoms with Gasteiger partial charge in [-0.05, 0) is 61.4 Å². The first kappa shape index (κ1) is 15.5. The van der Waals surface area contributed by atoms with Gasteiger partial charge in [0.05, 0.1) is 6.10 Å². The van der Waals surface area contributed by atoms with Gasteiger partial charge in [-0.3, -0.25) is 4.79 Å². The number of amides is 1. The second-order valence-corrected chi connectivity index (χ2v) is 5.43. The molecule has 1 N–H and O–H groups in total. The molecule has 1 aliphatic heterocycles. The number of anilines is 1. The largest absolute Gasteiger partial charge is 0.491 e. The van der Waals surface area contributed by atoms with Crippen LogP contribution in [0, 0.1) is 5.82 Å². The fourth-order valence-corrected chi connectivity index (χ4v) is 2.40. The fraction of sp³-hybridized carbons (Fsp3) is 0.278. The molecule has 0 spiro atoms. The summed E-state index contributed by atoms with van der Waals surface area (Å²) in [6.45, 7) is 1.35. The van der Waals surface area contributed by atoms with Crippen LogP contribution in [-0.2, 0) is 4.74 Å². The fourth-order valence-electron chi connectivity index (χ4n) is 2.40. The van der Waals surface area contributed by atoms with E-state index in [4.69, 9.17) is 9.47 Å². The molecular formula is C18H18FNO3. The second kappa shape index (κ2) is 7.24. The SMILES string of the molecule is O=C(Nc1ccc(OC[C@@H]2CCCO2)cc1)c1ccc(F)cc1. The maximum atomic E-state index is 12.9. The van der Waals surface area contributed by atoms with Crippen LogP contribution in [0.3, 0.4) is 0 Å². The molecule has 23 heavy (non-hydrogen) atoms. The number of rotatable bonds is 5. The third-order valence-corrected chi connectivity index (χ3v) is 3.68. The Balaban J connectivity index is 1.54. The van der Waals surface area contributed by atoms with Gasteiger partial charge in [0.25, 0.3) is 5.91 Å². The number of halogens is 1. The van der Waals surface area contributed by atoms with Gasteiger partial charge in [0, 0.05) is 17.9 Å². The van der Waals surface area contributed by atoms with Crippen LogP contribution >= 0.6 is 0 Å². The van der Waals surface area contributed by atoms with Crippen molar-refractivity contribution < 1.29 is 18.7 Å². The Hall–Kier alpha value is -2.40. The van der Waals surface area contributed by atoms with Crippen molar-refractivity contribution in [2.75, 3.05) is 18.5 Å². The van der Waals surface area contributed by atoms with Crippen molar-refractivity contribution in [2.24, 2.45) is 0 Å². The Morgan fingerprint density at radius 2 is 1.91 bits per heavy atom. The van der Waals surface area contributed by atoms with E-state index in [0.29, 0.717) is 17.9 Å². The van der Waals surface area contributed by atoms with E-state index < -0.39 is 0 Å². The molecule has 0 saturated carbocycles. The standard InChI is InChI=1S/C18H18FNO3/c19-14-5-3-13(4-6-14)18(21)20-15-7-9-16(10-8-15)23-12-17-2-1-11-22-17/h3-10,17H,1-2,11-12H2,(H,20,21)/t17-/m0/s1. The van der Waals surface area contributed by atoms with Gasteiger partial charge < -0.3 is 14.8 Å². The quantitative estimate of drug-likeness (QED) is 0.916. The van der Waals surface area contributed by atoms with E-state index in [1.54, 1.807) is 24.3 Å². The second-order valence-electron chi connectivity index (χ2n) is 5.43. The summed E-state index contributed by atoms with van der Waals surface area (Å²) in [4.78, 5) is 12.0. The lowest BCUT2D eigenvalue weighted by atomic mass is 10.2. The summed E-state index contributed by atoms with van der Waals surface area (Å²) >= 11 is 0. The summed E-state index contributed by atoms with van der Waals surface area (Å²) in [5, 5.41) is 2.76. The monoisotopic (exact) mass is 315 g/mol. The summed E-state index contributed by atoms with van der Waals surface area (Å²) in [7, 11) is 0. The number of benzene rings is 2. The van der Waals surface area contributed by atoms with Crippen LogP contribution in [-0.4, -0.2) is 25.2 Å². The van der Waals surface area contributed by atoms with Gasteiger partial charge in [0.2, 0.25) is 0 Å². The van der Waals surface area contributed by atoms with E-state index in [9.17, 15) is 9.18 Å². The highest BCUT2D eigenvalue weighted by Gasteiger charge is 2.15. The smallest absolute Gasteiger partial charge is 0.255 e. The van der Waals surface area contributed by atoms with Gasteiger partial charge >= 0.3 is 0 Å². The number of hydrogen-bond acceptors (Lipinski definition) is 3. The number of ether oxygens (including phenoxy) is 2. The van der Waals surface area contributed by atoms with Crippen molar-refractivity contribution in [1.29, 1.82) is 0 Å². The average Bonchev–Trinajstić information content (AvgIpc) is 3.08. The molecule has 0 radical (unpaired) electrons. The van der Waals surface area contributed by atoms with Crippen molar-refractivity contribution in [2.45, 2.75) is 18.9 Å². The molecular weight excluding hydrogens is 297 g/mol. The number of nitrogens with one attached hydrogen (secondary N) is 1. The van der Waals surface area contributed by atoms with E-state index in [-0.39, 0.29) is 17.8 Å². The molecule has 0 unspecified atom stereocenters. The first-order chi connectivity index (χ1) is 11.2. The van der Waals surface area contributed by atoms with Gasteiger partial charge in [-0.15, -0.1) is 0 Å². The molecule has 2 aromatic rings. The van der Waals surface area contributed by atoms with Crippen molar-refractivity contribution in [1.82, 2.24) is 0 Å². The molecule has 1 atom stereocenters. The Morgan fingerprint density at radius 3 is 2.57 bits per heavy atom. The molecule has 5 heteroatoms. The predicted molar refractivity (Wildman–Crippen MR) is 85.3 cm³/mol. The minimum Gasteiger partial charge on any atom is -0.491 e. The molecule has 1 saturated heterocycles. The Bertz CT molecular complexity index is 649. The lowest BCUT2D eigenvalue weighted by Gasteiger charge is -2.12. The van der Waals surface area contributed by atoms with E-state index in [1.165, 1.54) is 24.3 Å². The Kier molecular flexibility index (Phi) is 4.88. The van der Waals surface area contributed by atoms with Gasteiger partial charge in [-0.2, -0.15) is 0 Å². The normalized spacial score (nSPS) is 17.0. The molecule has 4 nitrogen and oxygen atoms in total. The molecule has 1 aliphatic rings. The molecule has 0 bridgehead atoms. The summed E-state index contributed by atoms with van der Waals surface area (Å²) in [5.41, 5.74) is 1.06. The predicted octanol–water partition coefficient (Wildman–Crippen LogP) is 3.64. The lowest BCUT2D eigenvalue weighted by molar-refractivity contribution is 0.0679. The molecule has 0 aliphatic carbocycles. The minimum absolute atomic E-state index is 0.174. The van der Waals surface area contributed by atoms with E-state index in [0.717, 1.165) is 25.2 Å². The Morgan fingerprint density at radius 1 is 1.17 bits per heavy atom. The third-order valence-electron chi connectivity index (χ3n) is 3.68. The highest BCUT2D eigenvalue weighted by molar-refractivity contribution is 6.04. The molecule has 2 aromatic carbocycles. The van der Waals surface area contributed by atoms with Crippen molar-refractivity contribution in [3.05, 3.63) is 59.9 Å². The molecule has 3 rings (SSSR count). The van der Waals surface area contributed by atoms with E-state index >= 15 is 0 Å². The summed E-state index contributed by atoms with van der Waals surface area (Å²) < 4.78 is 24.0. The summed E-state index contributed by atoms with van der Waals surface area (Å²) in [6, 6.07) is 12.6. The van der Waals surface area contributed by atoms with E-state index in [1.807, 2.05) is 0 Å². The van der Waals surface area contributed by atoms with Crippen molar-refractivity contribution in [3.63, 3.8) is 0 Å². The zero-order chi connectivity index (χ0) is 16.1. The zero-order valence-electron chi connectivity index (χ0n) is 12.6. The third kappa shape index (κ3) is 4.29. The van der Waals surface area contributed by atoms with Crippen LogP contribution in [0.25, 0.3) is 0 Å². The maximum Gasteiger partial charge on any atom is 0.255 e. The molecule has 120 valence electrons. The number of carbonyl (C=O) groups excluding carboxylic acids is 1. The average molecular weight is 315 g/mol. The maximum absolute atomic E-state index is 12.9. The van der Waals surface area contributed by atoms with Crippen LogP contribution in [0.5, 0.6) is 5.75 Å². The highest BCUT2D eigenvalue weighted by Crippen LogP contribution is 2.19. The number of hydrogen-bond donors (Lipinski definition) is 1. The molecule has 1 amide bonds. The first-order valence-corrected chi connectivity index (χ1v) is 7.62. The van der Waals surface area contributed by atoms with Gasteiger partial charge in [0.15, 0.2) is 0 Å². The lowest BCUT2D eigenvalue weighted by Crippen LogP contribution is -2.16. The van der Waals surface area contributed by atoms with Gasteiger partial charge in [0.1, 0.15) is 18.2 Å². The van der Waals surface area contributed by atoms with Gasteiger partial charge in [-0.1, -0.05) is 0 Å². The van der Waals surface area contributed by atoms with Crippen molar-refractivity contribution in [3.8, 4) is 5.75 Å². The zero-order valence-corrected chi connectivity index (χ0v) is 12.6. The molecule has 1 fully saturated rings. The molecule has 0 aromatic heterocycles. The van der Waals surface area contributed by atoms with Crippen LogP contribution in [0.1, 0.15) is 23.2 Å². The first-order valence-electron chi connectivity index (χ1n) is 7.62. The topological polar surface area (TPSA) is 47.6 Å². The molecule has 1 heterocycles. The van der Waals surface area contributed by atoms with E-state index in [2.05, 4.69) is 5.32 Å². The van der Waals surface area contributed by atoms with Crippen LogP contribution < -0.4 is 10.1 Å². The van der Waals surface area contributed by atoms with Crippen LogP contribution in [0.4, 0.5) is 10.1 Å². The van der Waals surface area contributed by atoms with Gasteiger partial charge in [-0.25, -0.2) is 4.39 Å². The Labute approximate surface area is 134 Å². The van der Waals surface area contributed by atoms with Crippen molar-refractivity contribution >= 4 is 11.6 Å². The minimum atomic E-state index is -0.366. The number of carbonyl (C=O) groups is 1. The van der Waals surface area contributed by atoms with Crippen LogP contribution in [0.2, 0.25) is 0 Å². The summed E-state index contributed by atoms with van der Waals surface area (Å²) in [5.74, 6) is 0.0904.